The van der Waals surface area contributed by atoms with Gasteiger partial charge >= 0.3 is 0 Å². The van der Waals surface area contributed by atoms with Gasteiger partial charge < -0.3 is 9.55 Å². The number of ether oxygens (including phenoxy) is 1. The zero-order chi connectivity index (χ0) is 7.68. The smallest absolute Gasteiger partial charge is 0.182 e. The van der Waals surface area contributed by atoms with Crippen molar-refractivity contribution in [2.24, 2.45) is 0 Å². The maximum Gasteiger partial charge on any atom is 0.182 e. The van der Waals surface area contributed by atoms with Crippen molar-refractivity contribution < 1.29 is 4.74 Å². The van der Waals surface area contributed by atoms with Gasteiger partial charge in [0.25, 0.3) is 0 Å². The highest BCUT2D eigenvalue weighted by atomic mass is 16.5. The molecule has 2 rings (SSSR count). The highest BCUT2D eigenvalue weighted by Crippen LogP contribution is 2.11. The quantitative estimate of drug-likeness (QED) is 0.452. The van der Waals surface area contributed by atoms with Crippen molar-refractivity contribution in [1.29, 1.82) is 0 Å². The minimum absolute atomic E-state index is 0.684. The number of hydrogen-bond acceptors (Lipinski definition) is 3. The lowest BCUT2D eigenvalue weighted by molar-refractivity contribution is -0.0721. The third-order valence-corrected chi connectivity index (χ3v) is 2.49. The van der Waals surface area contributed by atoms with Gasteiger partial charge in [-0.15, -0.1) is 0 Å². The first kappa shape index (κ1) is 7.59. The average Bonchev–Trinajstić information content (AvgIpc) is 1.90. The van der Waals surface area contributed by atoms with Crippen molar-refractivity contribution in [2.45, 2.75) is 6.04 Å². The third-order valence-electron chi connectivity index (χ3n) is 2.49. The van der Waals surface area contributed by atoms with Gasteiger partial charge in [0, 0.05) is 13.1 Å². The van der Waals surface area contributed by atoms with E-state index < -0.39 is 0 Å². The fourth-order valence-electron chi connectivity index (χ4n) is 1.54. The Morgan fingerprint density at radius 1 is 1.09 bits per heavy atom. The molecule has 0 aliphatic carbocycles. The molecule has 2 saturated heterocycles. The Bertz CT molecular complexity index is 132. The predicted molar refractivity (Wildman–Crippen MR) is 43.5 cm³/mol. The second-order valence-electron chi connectivity index (χ2n) is 3.26. The molecule has 3 nitrogen and oxygen atoms in total. The van der Waals surface area contributed by atoms with E-state index in [0.29, 0.717) is 6.04 Å². The van der Waals surface area contributed by atoms with Gasteiger partial charge in [0.05, 0.1) is 19.3 Å². The molecule has 0 unspecified atom stereocenters. The van der Waals surface area contributed by atoms with Crippen LogP contribution in [0.2, 0.25) is 0 Å². The molecule has 2 aliphatic heterocycles. The Morgan fingerprint density at radius 3 is 2.18 bits per heavy atom. The molecule has 0 spiro atoms. The Labute approximate surface area is 68.7 Å². The summed E-state index contributed by atoms with van der Waals surface area (Å²) in [6.45, 7) is 6.04. The molecule has 0 aromatic rings. The molecule has 0 amide bonds. The molecular formula is C7H13BN2O. The number of nitrogens with zero attached hydrogens (tertiary/aromatic N) is 2. The van der Waals surface area contributed by atoms with Gasteiger partial charge in [-0.3, -0.25) is 4.90 Å². The van der Waals surface area contributed by atoms with Crippen LogP contribution >= 0.6 is 0 Å². The predicted octanol–water partition coefficient (Wildman–Crippen LogP) is -0.914. The van der Waals surface area contributed by atoms with Gasteiger partial charge in [-0.25, -0.2) is 0 Å². The van der Waals surface area contributed by atoms with Crippen LogP contribution in [0.5, 0.6) is 0 Å². The molecule has 0 aromatic carbocycles. The minimum atomic E-state index is 0.684. The van der Waals surface area contributed by atoms with Crippen LogP contribution in [0.25, 0.3) is 0 Å². The normalized spacial score (nSPS) is 30.2. The van der Waals surface area contributed by atoms with Crippen molar-refractivity contribution in [3.63, 3.8) is 0 Å². The van der Waals surface area contributed by atoms with Crippen LogP contribution in [0.4, 0.5) is 0 Å². The maximum atomic E-state index is 5.63. The average molecular weight is 152 g/mol. The van der Waals surface area contributed by atoms with Crippen molar-refractivity contribution >= 4 is 7.98 Å². The van der Waals surface area contributed by atoms with E-state index in [1.54, 1.807) is 0 Å². The molecule has 0 bridgehead atoms. The fourth-order valence-corrected chi connectivity index (χ4v) is 1.54. The SMILES string of the molecule is [B]N1CCN(C2COC2)CC1. The first-order valence-electron chi connectivity index (χ1n) is 4.18. The molecule has 4 heteroatoms. The molecule has 60 valence electrons. The highest BCUT2D eigenvalue weighted by Gasteiger charge is 2.27. The molecule has 0 N–H and O–H groups in total. The Morgan fingerprint density at radius 2 is 1.73 bits per heavy atom. The Kier molecular flexibility index (Phi) is 2.16. The number of piperazine rings is 1. The molecule has 0 saturated carbocycles. The molecule has 2 radical (unpaired) electrons. The van der Waals surface area contributed by atoms with Gasteiger partial charge in [0.2, 0.25) is 0 Å². The lowest BCUT2D eigenvalue weighted by Crippen LogP contribution is -2.56. The maximum absolute atomic E-state index is 5.63. The first-order valence-corrected chi connectivity index (χ1v) is 4.18. The summed E-state index contributed by atoms with van der Waals surface area (Å²) in [5.41, 5.74) is 0. The zero-order valence-corrected chi connectivity index (χ0v) is 6.70. The fraction of sp³-hybridized carbons (Fsp3) is 1.00. The molecule has 2 aliphatic rings. The first-order chi connectivity index (χ1) is 5.36. The molecule has 2 fully saturated rings. The Hall–Kier alpha value is -0.0551. The van der Waals surface area contributed by atoms with E-state index in [1.807, 2.05) is 4.81 Å². The van der Waals surface area contributed by atoms with Gasteiger partial charge in [-0.2, -0.15) is 0 Å². The van der Waals surface area contributed by atoms with E-state index in [2.05, 4.69) is 4.90 Å². The van der Waals surface area contributed by atoms with E-state index in [0.717, 1.165) is 39.4 Å². The van der Waals surface area contributed by atoms with E-state index >= 15 is 0 Å². The topological polar surface area (TPSA) is 15.7 Å². The Balaban J connectivity index is 1.77. The molecule has 0 aromatic heterocycles. The monoisotopic (exact) mass is 152 g/mol. The largest absolute Gasteiger partial charge is 0.378 e. The second kappa shape index (κ2) is 3.13. The lowest BCUT2D eigenvalue weighted by atomic mass is 10.1. The van der Waals surface area contributed by atoms with Crippen molar-refractivity contribution in [3.8, 4) is 0 Å². The van der Waals surface area contributed by atoms with Crippen LogP contribution in [-0.2, 0) is 4.74 Å². The summed E-state index contributed by atoms with van der Waals surface area (Å²) in [6, 6.07) is 0.684. The summed E-state index contributed by atoms with van der Waals surface area (Å²) in [5.74, 6) is 0. The van der Waals surface area contributed by atoms with Crippen LogP contribution in [0.1, 0.15) is 0 Å². The third kappa shape index (κ3) is 1.58. The minimum Gasteiger partial charge on any atom is -0.378 e. The summed E-state index contributed by atoms with van der Waals surface area (Å²) in [7, 11) is 5.63. The van der Waals surface area contributed by atoms with Crippen molar-refractivity contribution in [2.75, 3.05) is 39.4 Å². The molecular weight excluding hydrogens is 139 g/mol. The van der Waals surface area contributed by atoms with Crippen LogP contribution in [0.3, 0.4) is 0 Å². The number of hydrogen-bond donors (Lipinski definition) is 0. The summed E-state index contributed by atoms with van der Waals surface area (Å²) >= 11 is 0. The highest BCUT2D eigenvalue weighted by molar-refractivity contribution is 6.04. The van der Waals surface area contributed by atoms with E-state index in [-0.39, 0.29) is 0 Å². The van der Waals surface area contributed by atoms with Crippen LogP contribution in [-0.4, -0.2) is 63.1 Å². The number of rotatable bonds is 1. The summed E-state index contributed by atoms with van der Waals surface area (Å²) in [5, 5.41) is 0. The van der Waals surface area contributed by atoms with Crippen LogP contribution < -0.4 is 0 Å². The van der Waals surface area contributed by atoms with Crippen LogP contribution in [0, 0.1) is 0 Å². The van der Waals surface area contributed by atoms with Gasteiger partial charge in [0.1, 0.15) is 0 Å². The zero-order valence-electron chi connectivity index (χ0n) is 6.70. The summed E-state index contributed by atoms with van der Waals surface area (Å²) in [4.78, 5) is 4.35. The van der Waals surface area contributed by atoms with Crippen molar-refractivity contribution in [3.05, 3.63) is 0 Å². The van der Waals surface area contributed by atoms with E-state index in [4.69, 9.17) is 12.7 Å². The van der Waals surface area contributed by atoms with Gasteiger partial charge in [-0.05, 0) is 13.1 Å². The summed E-state index contributed by atoms with van der Waals surface area (Å²) < 4.78 is 5.13. The lowest BCUT2D eigenvalue weighted by Gasteiger charge is -2.41. The standard InChI is InChI=1S/C7H13BN2O/c8-10-3-1-9(2-4-10)7-5-11-6-7/h7H,1-6H2. The second-order valence-corrected chi connectivity index (χ2v) is 3.26. The molecule has 0 atom stereocenters. The van der Waals surface area contributed by atoms with Gasteiger partial charge in [-0.1, -0.05) is 0 Å². The van der Waals surface area contributed by atoms with Gasteiger partial charge in [0.15, 0.2) is 7.98 Å². The van der Waals surface area contributed by atoms with Crippen LogP contribution in [0.15, 0.2) is 0 Å². The molecule has 2 heterocycles. The molecule has 11 heavy (non-hydrogen) atoms. The van der Waals surface area contributed by atoms with Crippen molar-refractivity contribution in [1.82, 2.24) is 9.71 Å². The summed E-state index contributed by atoms with van der Waals surface area (Å²) in [6.07, 6.45) is 0. The van der Waals surface area contributed by atoms with E-state index in [9.17, 15) is 0 Å². The van der Waals surface area contributed by atoms with E-state index in [1.165, 1.54) is 0 Å².